The van der Waals surface area contributed by atoms with E-state index in [1.807, 2.05) is 0 Å². The Morgan fingerprint density at radius 1 is 1.29 bits per heavy atom. The number of tetrazole rings is 1. The summed E-state index contributed by atoms with van der Waals surface area (Å²) in [7, 11) is 0. The molecule has 5 nitrogen and oxygen atoms in total. The molecule has 0 unspecified atom stereocenters. The monoisotopic (exact) mass is 229 g/mol. The summed E-state index contributed by atoms with van der Waals surface area (Å²) in [6.07, 6.45) is 0. The van der Waals surface area contributed by atoms with Crippen LogP contribution in [-0.4, -0.2) is 20.6 Å². The number of aromatic amines is 1. The molecular formula is C7H5Cl2N5. The molecule has 2 rings (SSSR count). The van der Waals surface area contributed by atoms with Gasteiger partial charge in [0.2, 0.25) is 5.95 Å². The number of halogens is 2. The number of rotatable bonds is 2. The van der Waals surface area contributed by atoms with E-state index in [4.69, 9.17) is 23.2 Å². The molecule has 0 radical (unpaired) electrons. The quantitative estimate of drug-likeness (QED) is 0.830. The van der Waals surface area contributed by atoms with Gasteiger partial charge in [0.1, 0.15) is 0 Å². The van der Waals surface area contributed by atoms with E-state index in [0.29, 0.717) is 21.7 Å². The summed E-state index contributed by atoms with van der Waals surface area (Å²) >= 11 is 11.8. The minimum absolute atomic E-state index is 0.411. The van der Waals surface area contributed by atoms with Gasteiger partial charge in [0.05, 0.1) is 15.7 Å². The van der Waals surface area contributed by atoms with Gasteiger partial charge in [0.15, 0.2) is 0 Å². The van der Waals surface area contributed by atoms with Crippen LogP contribution in [0.15, 0.2) is 18.2 Å². The van der Waals surface area contributed by atoms with Gasteiger partial charge in [-0.05, 0) is 22.6 Å². The lowest BCUT2D eigenvalue weighted by Crippen LogP contribution is -1.93. The highest BCUT2D eigenvalue weighted by atomic mass is 35.5. The van der Waals surface area contributed by atoms with Gasteiger partial charge in [-0.1, -0.05) is 34.4 Å². The second kappa shape index (κ2) is 3.81. The highest BCUT2D eigenvalue weighted by Gasteiger charge is 2.05. The number of hydrogen-bond acceptors (Lipinski definition) is 4. The molecule has 1 heterocycles. The average Bonchev–Trinajstić information content (AvgIpc) is 2.66. The molecule has 72 valence electrons. The second-order valence-corrected chi connectivity index (χ2v) is 3.26. The Hall–Kier alpha value is -1.33. The SMILES string of the molecule is Clc1cccc(Nc2nnn[nH]2)c1Cl. The molecule has 0 aliphatic heterocycles. The van der Waals surface area contributed by atoms with E-state index in [9.17, 15) is 0 Å². The molecule has 0 saturated heterocycles. The van der Waals surface area contributed by atoms with E-state index < -0.39 is 0 Å². The Balaban J connectivity index is 2.29. The molecule has 0 atom stereocenters. The van der Waals surface area contributed by atoms with Gasteiger partial charge in [-0.3, -0.25) is 0 Å². The Kier molecular flexibility index (Phi) is 2.51. The van der Waals surface area contributed by atoms with Crippen LogP contribution >= 0.6 is 23.2 Å². The summed E-state index contributed by atoms with van der Waals surface area (Å²) in [6, 6.07) is 5.25. The van der Waals surface area contributed by atoms with Crippen LogP contribution in [0.25, 0.3) is 0 Å². The van der Waals surface area contributed by atoms with Crippen molar-refractivity contribution in [3.63, 3.8) is 0 Å². The molecule has 0 bridgehead atoms. The van der Waals surface area contributed by atoms with E-state index in [2.05, 4.69) is 25.9 Å². The van der Waals surface area contributed by atoms with Crippen molar-refractivity contribution in [1.82, 2.24) is 20.6 Å². The molecule has 2 N–H and O–H groups in total. The van der Waals surface area contributed by atoms with E-state index in [0.717, 1.165) is 0 Å². The number of H-pyrrole nitrogens is 1. The first-order valence-electron chi connectivity index (χ1n) is 3.72. The summed E-state index contributed by atoms with van der Waals surface area (Å²) in [5.41, 5.74) is 0.651. The summed E-state index contributed by atoms with van der Waals surface area (Å²) in [6.45, 7) is 0. The van der Waals surface area contributed by atoms with Crippen LogP contribution < -0.4 is 5.32 Å². The predicted octanol–water partition coefficient (Wildman–Crippen LogP) is 2.25. The van der Waals surface area contributed by atoms with Gasteiger partial charge < -0.3 is 5.32 Å². The molecular weight excluding hydrogens is 225 g/mol. The molecule has 0 fully saturated rings. The normalized spacial score (nSPS) is 10.1. The van der Waals surface area contributed by atoms with E-state index in [-0.39, 0.29) is 0 Å². The number of aromatic nitrogens is 4. The number of benzene rings is 1. The largest absolute Gasteiger partial charge is 0.322 e. The minimum Gasteiger partial charge on any atom is -0.322 e. The zero-order chi connectivity index (χ0) is 9.97. The average molecular weight is 230 g/mol. The maximum atomic E-state index is 5.93. The smallest absolute Gasteiger partial charge is 0.244 e. The van der Waals surface area contributed by atoms with Crippen molar-refractivity contribution in [2.45, 2.75) is 0 Å². The maximum absolute atomic E-state index is 5.93. The summed E-state index contributed by atoms with van der Waals surface area (Å²) in [5.74, 6) is 0.411. The predicted molar refractivity (Wildman–Crippen MR) is 53.9 cm³/mol. The molecule has 1 aromatic heterocycles. The van der Waals surface area contributed by atoms with Crippen LogP contribution in [0.4, 0.5) is 11.6 Å². The molecule has 0 amide bonds. The van der Waals surface area contributed by atoms with Gasteiger partial charge >= 0.3 is 0 Å². The first kappa shape index (κ1) is 9.23. The first-order chi connectivity index (χ1) is 6.77. The fourth-order valence-corrected chi connectivity index (χ4v) is 1.29. The molecule has 14 heavy (non-hydrogen) atoms. The highest BCUT2D eigenvalue weighted by molar-refractivity contribution is 6.43. The molecule has 0 aliphatic rings. The lowest BCUT2D eigenvalue weighted by molar-refractivity contribution is 0.881. The fourth-order valence-electron chi connectivity index (χ4n) is 0.940. The third-order valence-electron chi connectivity index (χ3n) is 1.55. The summed E-state index contributed by atoms with van der Waals surface area (Å²) in [4.78, 5) is 0. The Morgan fingerprint density at radius 2 is 2.14 bits per heavy atom. The van der Waals surface area contributed by atoms with Crippen LogP contribution in [0, 0.1) is 0 Å². The van der Waals surface area contributed by atoms with Crippen LogP contribution in [0.2, 0.25) is 10.0 Å². The number of nitrogens with zero attached hydrogens (tertiary/aromatic N) is 3. The highest BCUT2D eigenvalue weighted by Crippen LogP contribution is 2.30. The third-order valence-corrected chi connectivity index (χ3v) is 2.37. The first-order valence-corrected chi connectivity index (χ1v) is 4.48. The van der Waals surface area contributed by atoms with E-state index in [1.165, 1.54) is 0 Å². The van der Waals surface area contributed by atoms with Crippen molar-refractivity contribution in [2.24, 2.45) is 0 Å². The second-order valence-electron chi connectivity index (χ2n) is 2.48. The molecule has 0 saturated carbocycles. The number of anilines is 2. The maximum Gasteiger partial charge on any atom is 0.244 e. The van der Waals surface area contributed by atoms with Gasteiger partial charge in [0, 0.05) is 0 Å². The zero-order valence-electron chi connectivity index (χ0n) is 6.83. The Bertz CT molecular complexity index is 428. The van der Waals surface area contributed by atoms with Crippen LogP contribution in [-0.2, 0) is 0 Å². The summed E-state index contributed by atoms with van der Waals surface area (Å²) < 4.78 is 0. The topological polar surface area (TPSA) is 66.5 Å². The molecule has 1 aromatic carbocycles. The van der Waals surface area contributed by atoms with Crippen LogP contribution in [0.3, 0.4) is 0 Å². The van der Waals surface area contributed by atoms with Crippen LogP contribution in [0.5, 0.6) is 0 Å². The van der Waals surface area contributed by atoms with Crippen molar-refractivity contribution < 1.29 is 0 Å². The van der Waals surface area contributed by atoms with Crippen LogP contribution in [0.1, 0.15) is 0 Å². The van der Waals surface area contributed by atoms with E-state index in [1.54, 1.807) is 18.2 Å². The standard InChI is InChI=1S/C7H5Cl2N5/c8-4-2-1-3-5(6(4)9)10-7-11-13-14-12-7/h1-3H,(H2,10,11,12,13,14). The Labute approximate surface area is 89.4 Å². The lowest BCUT2D eigenvalue weighted by atomic mass is 10.3. The molecule has 7 heteroatoms. The van der Waals surface area contributed by atoms with Gasteiger partial charge in [-0.15, -0.1) is 0 Å². The third kappa shape index (κ3) is 1.78. The Morgan fingerprint density at radius 3 is 2.86 bits per heavy atom. The summed E-state index contributed by atoms with van der Waals surface area (Å²) in [5, 5.41) is 16.8. The molecule has 0 aliphatic carbocycles. The minimum atomic E-state index is 0.411. The van der Waals surface area contributed by atoms with Crippen molar-refractivity contribution in [3.8, 4) is 0 Å². The number of hydrogen-bond donors (Lipinski definition) is 2. The van der Waals surface area contributed by atoms with Crippen molar-refractivity contribution in [1.29, 1.82) is 0 Å². The van der Waals surface area contributed by atoms with Gasteiger partial charge in [-0.25, -0.2) is 5.10 Å². The van der Waals surface area contributed by atoms with Gasteiger partial charge in [-0.2, -0.15) is 0 Å². The molecule has 2 aromatic rings. The van der Waals surface area contributed by atoms with Crippen molar-refractivity contribution in [3.05, 3.63) is 28.2 Å². The number of nitrogens with one attached hydrogen (secondary N) is 2. The lowest BCUT2D eigenvalue weighted by Gasteiger charge is -2.04. The fraction of sp³-hybridized carbons (Fsp3) is 0. The van der Waals surface area contributed by atoms with Crippen molar-refractivity contribution in [2.75, 3.05) is 5.32 Å². The van der Waals surface area contributed by atoms with Gasteiger partial charge in [0.25, 0.3) is 0 Å². The molecule has 0 spiro atoms. The zero-order valence-corrected chi connectivity index (χ0v) is 8.34. The van der Waals surface area contributed by atoms with E-state index >= 15 is 0 Å². The van der Waals surface area contributed by atoms with Crippen molar-refractivity contribution >= 4 is 34.8 Å².